The summed E-state index contributed by atoms with van der Waals surface area (Å²) in [6, 6.07) is 11.1. The summed E-state index contributed by atoms with van der Waals surface area (Å²) in [4.78, 5) is 30.7. The molecule has 0 radical (unpaired) electrons. The van der Waals surface area contributed by atoms with E-state index in [1.165, 1.54) is 11.3 Å². The second kappa shape index (κ2) is 7.98. The highest BCUT2D eigenvalue weighted by atomic mass is 32.1. The molecule has 0 saturated heterocycles. The largest absolute Gasteiger partial charge is 0.466 e. The quantitative estimate of drug-likeness (QED) is 0.685. The van der Waals surface area contributed by atoms with E-state index in [0.29, 0.717) is 18.0 Å². The molecule has 0 atom stereocenters. The van der Waals surface area contributed by atoms with Gasteiger partial charge in [0.05, 0.1) is 18.7 Å². The van der Waals surface area contributed by atoms with Gasteiger partial charge in [0, 0.05) is 22.2 Å². The van der Waals surface area contributed by atoms with Crippen LogP contribution >= 0.6 is 11.3 Å². The van der Waals surface area contributed by atoms with Crippen LogP contribution in [0.5, 0.6) is 0 Å². The van der Waals surface area contributed by atoms with Crippen molar-refractivity contribution in [1.29, 1.82) is 5.26 Å². The Morgan fingerprint density at radius 3 is 2.93 bits per heavy atom. The number of rotatable bonds is 5. The molecule has 27 heavy (non-hydrogen) atoms. The molecule has 136 valence electrons. The number of aromatic amines is 1. The highest BCUT2D eigenvalue weighted by Gasteiger charge is 2.13. The van der Waals surface area contributed by atoms with Crippen molar-refractivity contribution in [3.63, 3.8) is 0 Å². The maximum atomic E-state index is 11.7. The standard InChI is InChI=1S/C20H17N3O3S/c1-3-26-18(24)8-13-5-4-6-14(7-13)20-23-17(11-27-20)16-9-15(10-21)19(25)22-12(16)2/h4-7,9,11H,3,8H2,1-2H3,(H,22,25). The van der Waals surface area contributed by atoms with Gasteiger partial charge in [0.1, 0.15) is 16.6 Å². The van der Waals surface area contributed by atoms with Crippen LogP contribution in [-0.4, -0.2) is 22.5 Å². The lowest BCUT2D eigenvalue weighted by Gasteiger charge is -2.04. The Morgan fingerprint density at radius 1 is 1.37 bits per heavy atom. The molecule has 1 N–H and O–H groups in total. The number of carbonyl (C=O) groups excluding carboxylic acids is 1. The Bertz CT molecular complexity index is 1090. The molecule has 0 unspecified atom stereocenters. The first kappa shape index (κ1) is 18.5. The molecule has 3 rings (SSSR count). The van der Waals surface area contributed by atoms with Crippen LogP contribution in [0.25, 0.3) is 21.8 Å². The third-order valence-corrected chi connectivity index (χ3v) is 4.86. The average molecular weight is 379 g/mol. The summed E-state index contributed by atoms with van der Waals surface area (Å²) >= 11 is 1.46. The summed E-state index contributed by atoms with van der Waals surface area (Å²) in [6.45, 7) is 3.91. The lowest BCUT2D eigenvalue weighted by Crippen LogP contribution is -2.11. The fourth-order valence-electron chi connectivity index (χ4n) is 2.70. The number of esters is 1. The van der Waals surface area contributed by atoms with E-state index in [1.54, 1.807) is 19.9 Å². The van der Waals surface area contributed by atoms with Crippen LogP contribution in [0.4, 0.5) is 0 Å². The molecule has 1 aromatic carbocycles. The summed E-state index contributed by atoms with van der Waals surface area (Å²) in [5.41, 5.74) is 3.48. The summed E-state index contributed by atoms with van der Waals surface area (Å²) in [5.74, 6) is -0.262. The average Bonchev–Trinajstić information content (AvgIpc) is 3.12. The number of hydrogen-bond acceptors (Lipinski definition) is 6. The van der Waals surface area contributed by atoms with Crippen LogP contribution in [0.15, 0.2) is 40.5 Å². The Kier molecular flexibility index (Phi) is 5.48. The van der Waals surface area contributed by atoms with Gasteiger partial charge in [-0.3, -0.25) is 9.59 Å². The predicted molar refractivity (Wildman–Crippen MR) is 103 cm³/mol. The minimum Gasteiger partial charge on any atom is -0.466 e. The Balaban J connectivity index is 1.92. The number of benzene rings is 1. The number of pyridine rings is 1. The Morgan fingerprint density at radius 2 is 2.19 bits per heavy atom. The molecule has 0 fully saturated rings. The molecule has 0 aliphatic rings. The first-order valence-corrected chi connectivity index (χ1v) is 9.24. The number of hydrogen-bond donors (Lipinski definition) is 1. The summed E-state index contributed by atoms with van der Waals surface area (Å²) in [7, 11) is 0. The second-order valence-electron chi connectivity index (χ2n) is 5.88. The Labute approximate surface area is 160 Å². The van der Waals surface area contributed by atoms with E-state index >= 15 is 0 Å². The SMILES string of the molecule is CCOC(=O)Cc1cccc(-c2nc(-c3cc(C#N)c(=O)[nH]c3C)cs2)c1. The minimum absolute atomic E-state index is 0.0570. The molecule has 0 saturated carbocycles. The van der Waals surface area contributed by atoms with Gasteiger partial charge < -0.3 is 9.72 Å². The van der Waals surface area contributed by atoms with E-state index in [2.05, 4.69) is 9.97 Å². The molecular weight excluding hydrogens is 362 g/mol. The Hall–Kier alpha value is -3.24. The van der Waals surface area contributed by atoms with Crippen LogP contribution < -0.4 is 5.56 Å². The smallest absolute Gasteiger partial charge is 0.310 e. The van der Waals surface area contributed by atoms with Gasteiger partial charge in [-0.2, -0.15) is 5.26 Å². The minimum atomic E-state index is -0.402. The zero-order valence-corrected chi connectivity index (χ0v) is 15.7. The topological polar surface area (TPSA) is 95.8 Å². The van der Waals surface area contributed by atoms with Crippen LogP contribution in [0.3, 0.4) is 0 Å². The molecule has 0 amide bonds. The first-order valence-electron chi connectivity index (χ1n) is 8.36. The number of aryl methyl sites for hydroxylation is 1. The summed E-state index contributed by atoms with van der Waals surface area (Å²) in [6.07, 6.45) is 0.213. The number of H-pyrrole nitrogens is 1. The lowest BCUT2D eigenvalue weighted by atomic mass is 10.1. The van der Waals surface area contributed by atoms with Crippen molar-refractivity contribution in [1.82, 2.24) is 9.97 Å². The van der Waals surface area contributed by atoms with Gasteiger partial charge in [-0.1, -0.05) is 18.2 Å². The van der Waals surface area contributed by atoms with E-state index in [9.17, 15) is 9.59 Å². The van der Waals surface area contributed by atoms with Gasteiger partial charge in [-0.15, -0.1) is 11.3 Å². The van der Waals surface area contributed by atoms with Crippen LogP contribution in [0.1, 0.15) is 23.7 Å². The zero-order chi connectivity index (χ0) is 19.4. The molecule has 0 aliphatic carbocycles. The number of nitrogens with zero attached hydrogens (tertiary/aromatic N) is 2. The van der Waals surface area contributed by atoms with Crippen molar-refractivity contribution < 1.29 is 9.53 Å². The molecule has 2 heterocycles. The van der Waals surface area contributed by atoms with Crippen LogP contribution in [0, 0.1) is 18.3 Å². The summed E-state index contributed by atoms with van der Waals surface area (Å²) in [5, 5.41) is 11.8. The number of nitrogens with one attached hydrogen (secondary N) is 1. The maximum Gasteiger partial charge on any atom is 0.310 e. The highest BCUT2D eigenvalue weighted by Crippen LogP contribution is 2.30. The van der Waals surface area contributed by atoms with Crippen molar-refractivity contribution in [2.24, 2.45) is 0 Å². The molecule has 6 nitrogen and oxygen atoms in total. The van der Waals surface area contributed by atoms with Gasteiger partial charge in [0.25, 0.3) is 5.56 Å². The number of thiazole rings is 1. The van der Waals surface area contributed by atoms with Crippen molar-refractivity contribution >= 4 is 17.3 Å². The van der Waals surface area contributed by atoms with Crippen molar-refractivity contribution in [3.8, 4) is 27.9 Å². The number of ether oxygens (including phenoxy) is 1. The van der Waals surface area contributed by atoms with E-state index < -0.39 is 5.56 Å². The normalized spacial score (nSPS) is 10.4. The van der Waals surface area contributed by atoms with Gasteiger partial charge in [-0.25, -0.2) is 4.98 Å². The predicted octanol–water partition coefficient (Wildman–Crippen LogP) is 3.45. The van der Waals surface area contributed by atoms with Crippen LogP contribution in [-0.2, 0) is 16.0 Å². The number of nitriles is 1. The first-order chi connectivity index (χ1) is 13.0. The maximum absolute atomic E-state index is 11.7. The zero-order valence-electron chi connectivity index (χ0n) is 14.9. The second-order valence-corrected chi connectivity index (χ2v) is 6.74. The molecule has 0 spiro atoms. The monoisotopic (exact) mass is 379 g/mol. The molecular formula is C20H17N3O3S. The van der Waals surface area contributed by atoms with E-state index in [1.807, 2.05) is 35.7 Å². The molecule has 0 bridgehead atoms. The van der Waals surface area contributed by atoms with E-state index in [4.69, 9.17) is 10.00 Å². The van der Waals surface area contributed by atoms with E-state index in [-0.39, 0.29) is 18.0 Å². The number of aromatic nitrogens is 2. The van der Waals surface area contributed by atoms with Crippen molar-refractivity contribution in [2.45, 2.75) is 20.3 Å². The van der Waals surface area contributed by atoms with Gasteiger partial charge >= 0.3 is 5.97 Å². The van der Waals surface area contributed by atoms with Crippen LogP contribution in [0.2, 0.25) is 0 Å². The molecule has 3 aromatic rings. The molecule has 0 aliphatic heterocycles. The van der Waals surface area contributed by atoms with Gasteiger partial charge in [-0.05, 0) is 31.5 Å². The van der Waals surface area contributed by atoms with Gasteiger partial charge in [0.15, 0.2) is 0 Å². The third kappa shape index (κ3) is 4.13. The highest BCUT2D eigenvalue weighted by molar-refractivity contribution is 7.13. The lowest BCUT2D eigenvalue weighted by molar-refractivity contribution is -0.142. The molecule has 7 heteroatoms. The van der Waals surface area contributed by atoms with Crippen molar-refractivity contribution in [2.75, 3.05) is 6.61 Å². The fraction of sp³-hybridized carbons (Fsp3) is 0.200. The summed E-state index contributed by atoms with van der Waals surface area (Å²) < 4.78 is 4.99. The molecule has 2 aromatic heterocycles. The fourth-order valence-corrected chi connectivity index (χ4v) is 3.51. The third-order valence-electron chi connectivity index (χ3n) is 3.97. The van der Waals surface area contributed by atoms with Gasteiger partial charge in [0.2, 0.25) is 0 Å². The number of carbonyl (C=O) groups is 1. The van der Waals surface area contributed by atoms with E-state index in [0.717, 1.165) is 21.7 Å². The van der Waals surface area contributed by atoms with Crippen molar-refractivity contribution in [3.05, 3.63) is 62.9 Å².